The van der Waals surface area contributed by atoms with Crippen LogP contribution in [0.1, 0.15) is 19.8 Å². The Labute approximate surface area is 109 Å². The zero-order chi connectivity index (χ0) is 13.2. The maximum Gasteiger partial charge on any atom is 0.236 e. The summed E-state index contributed by atoms with van der Waals surface area (Å²) in [5, 5.41) is 11.7. The van der Waals surface area contributed by atoms with Gasteiger partial charge in [0, 0.05) is 11.5 Å². The third-order valence-corrected chi connectivity index (χ3v) is 3.15. The van der Waals surface area contributed by atoms with Gasteiger partial charge in [-0.1, -0.05) is 25.5 Å². The average Bonchev–Trinajstić information content (AvgIpc) is 2.96. The van der Waals surface area contributed by atoms with Gasteiger partial charge in [-0.3, -0.25) is 4.40 Å². The predicted molar refractivity (Wildman–Crippen MR) is 72.2 cm³/mol. The Balaban J connectivity index is 2.35. The number of azide groups is 1. The molecule has 3 aromatic rings. The first-order valence-corrected chi connectivity index (χ1v) is 6.24. The van der Waals surface area contributed by atoms with Crippen LogP contribution in [0.5, 0.6) is 0 Å². The number of hydrogen-bond donors (Lipinski definition) is 0. The number of unbranched alkanes of at least 4 members (excludes halogenated alkanes) is 1. The van der Waals surface area contributed by atoms with Gasteiger partial charge in [-0.15, -0.1) is 10.2 Å². The highest BCUT2D eigenvalue weighted by atomic mass is 15.4. The highest BCUT2D eigenvalue weighted by molar-refractivity contribution is 5.81. The number of para-hydroxylation sites is 2. The first-order valence-electron chi connectivity index (χ1n) is 6.24. The highest BCUT2D eigenvalue weighted by Gasteiger charge is 2.14. The molecule has 96 valence electrons. The maximum atomic E-state index is 8.59. The van der Waals surface area contributed by atoms with Crippen molar-refractivity contribution < 1.29 is 0 Å². The molecule has 0 radical (unpaired) electrons. The molecule has 0 unspecified atom stereocenters. The lowest BCUT2D eigenvalue weighted by Gasteiger charge is -2.02. The third-order valence-electron chi connectivity index (χ3n) is 3.15. The van der Waals surface area contributed by atoms with Crippen LogP contribution in [0.2, 0.25) is 0 Å². The summed E-state index contributed by atoms with van der Waals surface area (Å²) in [5.41, 5.74) is 10.6. The molecule has 0 aliphatic carbocycles. The molecule has 7 heteroatoms. The van der Waals surface area contributed by atoms with Crippen molar-refractivity contribution in [3.8, 4) is 0 Å². The topological polar surface area (TPSA) is 83.9 Å². The van der Waals surface area contributed by atoms with Gasteiger partial charge in [0.1, 0.15) is 0 Å². The molecule has 0 fully saturated rings. The smallest absolute Gasteiger partial charge is 0.236 e. The minimum Gasteiger partial charge on any atom is -0.308 e. The lowest BCUT2D eigenvalue weighted by Crippen LogP contribution is -1.98. The second kappa shape index (κ2) is 4.62. The molecule has 0 amide bonds. The first-order chi connectivity index (χ1) is 9.36. The molecule has 3 rings (SSSR count). The van der Waals surface area contributed by atoms with Gasteiger partial charge in [-0.05, 0) is 29.2 Å². The van der Waals surface area contributed by atoms with Gasteiger partial charge in [0.2, 0.25) is 11.7 Å². The average molecular weight is 255 g/mol. The highest BCUT2D eigenvalue weighted by Crippen LogP contribution is 2.24. The van der Waals surface area contributed by atoms with Crippen LogP contribution in [0.4, 0.5) is 5.95 Å². The summed E-state index contributed by atoms with van der Waals surface area (Å²) in [6.45, 7) is 3.03. The summed E-state index contributed by atoms with van der Waals surface area (Å²) in [6.07, 6.45) is 2.17. The van der Waals surface area contributed by atoms with Crippen LogP contribution in [0.15, 0.2) is 29.4 Å². The van der Waals surface area contributed by atoms with Crippen molar-refractivity contribution in [2.45, 2.75) is 26.3 Å². The second-order valence-electron chi connectivity index (χ2n) is 4.32. The summed E-state index contributed by atoms with van der Waals surface area (Å²) in [5.74, 6) is 1.00. The molecule has 0 bridgehead atoms. The van der Waals surface area contributed by atoms with Gasteiger partial charge < -0.3 is 4.57 Å². The van der Waals surface area contributed by atoms with Crippen molar-refractivity contribution >= 4 is 22.8 Å². The number of hydrogen-bond acceptors (Lipinski definition) is 3. The summed E-state index contributed by atoms with van der Waals surface area (Å²) in [6, 6.07) is 7.96. The van der Waals surface area contributed by atoms with Crippen molar-refractivity contribution in [3.63, 3.8) is 0 Å². The van der Waals surface area contributed by atoms with Gasteiger partial charge in [0.15, 0.2) is 0 Å². The van der Waals surface area contributed by atoms with Crippen molar-refractivity contribution in [1.29, 1.82) is 0 Å². The Morgan fingerprint density at radius 3 is 2.79 bits per heavy atom. The zero-order valence-electron chi connectivity index (χ0n) is 10.6. The standard InChI is InChI=1S/C12H13N7/c1-2-3-8-18-9-6-4-5-7-10(9)19-11(15-17-13)14-16-12(18)19/h4-7H,2-3,8H2,1H3. The molecular weight excluding hydrogens is 242 g/mol. The van der Waals surface area contributed by atoms with Crippen LogP contribution < -0.4 is 0 Å². The van der Waals surface area contributed by atoms with Crippen LogP contribution >= 0.6 is 0 Å². The molecule has 19 heavy (non-hydrogen) atoms. The molecule has 0 atom stereocenters. The molecule has 1 aromatic carbocycles. The SMILES string of the molecule is CCCCn1c2ccccc2n2c(N=[N+]=[N-])nnc12. The predicted octanol–water partition coefficient (Wildman–Crippen LogP) is 3.43. The number of aromatic nitrogens is 4. The number of imidazole rings is 1. The summed E-state index contributed by atoms with van der Waals surface area (Å²) in [4.78, 5) is 2.80. The molecule has 0 spiro atoms. The number of fused-ring (bicyclic) bond motifs is 3. The summed E-state index contributed by atoms with van der Waals surface area (Å²) < 4.78 is 3.91. The van der Waals surface area contributed by atoms with E-state index < -0.39 is 0 Å². The van der Waals surface area contributed by atoms with E-state index in [4.69, 9.17) is 5.53 Å². The van der Waals surface area contributed by atoms with Gasteiger partial charge in [0.25, 0.3) is 0 Å². The quantitative estimate of drug-likeness (QED) is 0.406. The summed E-state index contributed by atoms with van der Waals surface area (Å²) in [7, 11) is 0. The molecule has 0 aliphatic rings. The number of rotatable bonds is 4. The van der Waals surface area contributed by atoms with Crippen molar-refractivity contribution in [2.75, 3.05) is 0 Å². The van der Waals surface area contributed by atoms with Gasteiger partial charge >= 0.3 is 0 Å². The molecule has 0 saturated heterocycles. The number of aryl methyl sites for hydroxylation is 1. The van der Waals surface area contributed by atoms with E-state index in [1.54, 1.807) is 4.40 Å². The van der Waals surface area contributed by atoms with Crippen LogP contribution in [0.3, 0.4) is 0 Å². The molecule has 0 saturated carbocycles. The van der Waals surface area contributed by atoms with E-state index in [0.717, 1.165) is 36.2 Å². The van der Waals surface area contributed by atoms with E-state index >= 15 is 0 Å². The molecule has 0 aliphatic heterocycles. The second-order valence-corrected chi connectivity index (χ2v) is 4.32. The Morgan fingerprint density at radius 2 is 2.05 bits per heavy atom. The van der Waals surface area contributed by atoms with E-state index in [9.17, 15) is 0 Å². The Morgan fingerprint density at radius 1 is 1.26 bits per heavy atom. The monoisotopic (exact) mass is 255 g/mol. The van der Waals surface area contributed by atoms with Crippen LogP contribution in [0, 0.1) is 0 Å². The Bertz CT molecular complexity index is 776. The largest absolute Gasteiger partial charge is 0.308 e. The van der Waals surface area contributed by atoms with E-state index in [1.807, 2.05) is 24.3 Å². The maximum absolute atomic E-state index is 8.59. The Kier molecular flexibility index (Phi) is 2.81. The van der Waals surface area contributed by atoms with Crippen LogP contribution in [-0.2, 0) is 6.54 Å². The van der Waals surface area contributed by atoms with E-state index in [1.165, 1.54) is 0 Å². The van der Waals surface area contributed by atoms with E-state index in [-0.39, 0.29) is 5.95 Å². The lowest BCUT2D eigenvalue weighted by molar-refractivity contribution is 0.656. The number of benzene rings is 1. The van der Waals surface area contributed by atoms with Crippen molar-refractivity contribution in [1.82, 2.24) is 19.2 Å². The third kappa shape index (κ3) is 1.71. The van der Waals surface area contributed by atoms with Gasteiger partial charge in [0.05, 0.1) is 11.0 Å². The van der Waals surface area contributed by atoms with Gasteiger partial charge in [-0.2, -0.15) is 0 Å². The molecular formula is C12H13N7. The van der Waals surface area contributed by atoms with E-state index in [2.05, 4.69) is 31.7 Å². The first kappa shape index (κ1) is 11.6. The summed E-state index contributed by atoms with van der Waals surface area (Å²) >= 11 is 0. The lowest BCUT2D eigenvalue weighted by atomic mass is 10.3. The van der Waals surface area contributed by atoms with Crippen molar-refractivity contribution in [3.05, 3.63) is 34.7 Å². The molecule has 2 heterocycles. The minimum absolute atomic E-state index is 0.281. The molecule has 7 nitrogen and oxygen atoms in total. The fourth-order valence-corrected chi connectivity index (χ4v) is 2.29. The number of nitrogens with zero attached hydrogens (tertiary/aromatic N) is 7. The molecule has 0 N–H and O–H groups in total. The fraction of sp³-hybridized carbons (Fsp3) is 0.333. The van der Waals surface area contributed by atoms with Crippen molar-refractivity contribution in [2.24, 2.45) is 5.11 Å². The van der Waals surface area contributed by atoms with E-state index in [0.29, 0.717) is 0 Å². The van der Waals surface area contributed by atoms with Crippen LogP contribution in [-0.4, -0.2) is 19.2 Å². The normalized spacial score (nSPS) is 11.0. The molecule has 2 aromatic heterocycles. The minimum atomic E-state index is 0.281. The van der Waals surface area contributed by atoms with Crippen LogP contribution in [0.25, 0.3) is 27.3 Å². The Hall–Kier alpha value is -2.53. The fourth-order valence-electron chi connectivity index (χ4n) is 2.29. The zero-order valence-corrected chi connectivity index (χ0v) is 10.6. The van der Waals surface area contributed by atoms with Gasteiger partial charge in [-0.25, -0.2) is 0 Å².